The molecule has 68 valence electrons. The highest BCUT2D eigenvalue weighted by Crippen LogP contribution is 2.53. The van der Waals surface area contributed by atoms with Crippen molar-refractivity contribution in [1.82, 2.24) is 0 Å². The first kappa shape index (κ1) is 11.3. The van der Waals surface area contributed by atoms with Crippen LogP contribution in [0.15, 0.2) is 0 Å². The van der Waals surface area contributed by atoms with Crippen LogP contribution in [0.2, 0.25) is 0 Å². The largest absolute Gasteiger partial charge is 0.339 e. The summed E-state index contributed by atoms with van der Waals surface area (Å²) >= 11 is 0. The molecule has 1 unspecified atom stereocenters. The van der Waals surface area contributed by atoms with Crippen LogP contribution in [0.4, 0.5) is 0 Å². The van der Waals surface area contributed by atoms with E-state index in [0.717, 1.165) is 0 Å². The molecule has 0 aromatic heterocycles. The van der Waals surface area contributed by atoms with E-state index in [1.807, 2.05) is 0 Å². The van der Waals surface area contributed by atoms with Crippen LogP contribution >= 0.6 is 15.6 Å². The highest BCUT2D eigenvalue weighted by molar-refractivity contribution is 7.65. The minimum absolute atomic E-state index is 0.166. The van der Waals surface area contributed by atoms with Crippen molar-refractivity contribution in [2.75, 3.05) is 27.2 Å². The highest BCUT2D eigenvalue weighted by atomic mass is 31.2. The third-order valence-electron chi connectivity index (χ3n) is 1.11. The molecule has 0 rings (SSSR count). The molecule has 0 heterocycles. The fourth-order valence-electron chi connectivity index (χ4n) is 0.426. The van der Waals surface area contributed by atoms with E-state index in [0.29, 0.717) is 0 Å². The molecule has 0 saturated carbocycles. The predicted molar refractivity (Wildman–Crippen MR) is 42.5 cm³/mol. The number of hydrogen-bond donors (Lipinski definition) is 0. The highest BCUT2D eigenvalue weighted by Gasteiger charge is 2.24. The quantitative estimate of drug-likeness (QED) is 0.633. The van der Waals surface area contributed by atoms with Crippen molar-refractivity contribution in [2.45, 2.75) is 0 Å². The fourth-order valence-corrected chi connectivity index (χ4v) is 3.39. The van der Waals surface area contributed by atoms with Gasteiger partial charge in [-0.2, -0.15) is 0 Å². The lowest BCUT2D eigenvalue weighted by Gasteiger charge is -2.11. The second kappa shape index (κ2) is 5.07. The average Bonchev–Trinajstić information content (AvgIpc) is 2.04. The first-order chi connectivity index (χ1) is 5.08. The van der Waals surface area contributed by atoms with Gasteiger partial charge < -0.3 is 13.6 Å². The Morgan fingerprint density at radius 1 is 1.27 bits per heavy atom. The van der Waals surface area contributed by atoms with Crippen molar-refractivity contribution in [2.24, 2.45) is 0 Å². The molecule has 0 aromatic carbocycles. The monoisotopic (exact) mass is 202 g/mol. The van der Waals surface area contributed by atoms with E-state index in [-0.39, 0.29) is 5.90 Å². The Bertz CT molecular complexity index is 171. The van der Waals surface area contributed by atoms with Crippen molar-refractivity contribution in [1.29, 1.82) is 0 Å². The molecular formula is C4H12O5P2. The zero-order chi connectivity index (χ0) is 8.91. The second-order valence-corrected chi connectivity index (χ2v) is 6.08. The van der Waals surface area contributed by atoms with E-state index >= 15 is 0 Å². The van der Waals surface area contributed by atoms with Gasteiger partial charge in [0.05, 0.1) is 0 Å². The topological polar surface area (TPSA) is 61.8 Å². The van der Waals surface area contributed by atoms with Gasteiger partial charge in [-0.3, -0.25) is 9.13 Å². The molecule has 0 radical (unpaired) electrons. The van der Waals surface area contributed by atoms with E-state index in [1.54, 1.807) is 0 Å². The zero-order valence-corrected chi connectivity index (χ0v) is 8.59. The molecular weight excluding hydrogens is 190 g/mol. The molecule has 11 heavy (non-hydrogen) atoms. The van der Waals surface area contributed by atoms with Crippen molar-refractivity contribution < 1.29 is 22.7 Å². The predicted octanol–water partition coefficient (Wildman–Crippen LogP) is 1.55. The molecule has 0 aliphatic carbocycles. The lowest BCUT2D eigenvalue weighted by molar-refractivity contribution is 0.279. The molecule has 0 aromatic rings. The van der Waals surface area contributed by atoms with Crippen molar-refractivity contribution in [3.05, 3.63) is 0 Å². The molecule has 0 N–H and O–H groups in total. The average molecular weight is 202 g/mol. The van der Waals surface area contributed by atoms with E-state index in [1.165, 1.54) is 21.3 Å². The third kappa shape index (κ3) is 4.04. The van der Waals surface area contributed by atoms with E-state index < -0.39 is 15.6 Å². The normalized spacial score (nSPS) is 14.8. The van der Waals surface area contributed by atoms with Crippen LogP contribution in [0.25, 0.3) is 0 Å². The SMILES string of the molecule is CO[PH](=O)CP(=O)(OC)OC. The van der Waals surface area contributed by atoms with Gasteiger partial charge in [0.15, 0.2) is 0 Å². The van der Waals surface area contributed by atoms with Gasteiger partial charge in [0, 0.05) is 21.3 Å². The summed E-state index contributed by atoms with van der Waals surface area (Å²) in [6.45, 7) is 0. The lowest BCUT2D eigenvalue weighted by Crippen LogP contribution is -1.91. The van der Waals surface area contributed by atoms with Gasteiger partial charge in [-0.25, -0.2) is 0 Å². The summed E-state index contributed by atoms with van der Waals surface area (Å²) in [6.07, 6.45) is 0. The second-order valence-electron chi connectivity index (χ2n) is 1.71. The Hall–Kier alpha value is 0.340. The van der Waals surface area contributed by atoms with Crippen LogP contribution in [0.5, 0.6) is 0 Å². The van der Waals surface area contributed by atoms with Crippen LogP contribution < -0.4 is 0 Å². The van der Waals surface area contributed by atoms with E-state index in [2.05, 4.69) is 13.6 Å². The summed E-state index contributed by atoms with van der Waals surface area (Å²) in [5.74, 6) is -0.166. The Morgan fingerprint density at radius 3 is 2.00 bits per heavy atom. The van der Waals surface area contributed by atoms with Crippen molar-refractivity contribution in [3.8, 4) is 0 Å². The van der Waals surface area contributed by atoms with Gasteiger partial charge in [0.25, 0.3) is 0 Å². The Labute approximate surface area is 66.4 Å². The van der Waals surface area contributed by atoms with Crippen LogP contribution in [-0.2, 0) is 22.7 Å². The first-order valence-corrected chi connectivity index (χ1v) is 6.10. The molecule has 5 nitrogen and oxygen atoms in total. The summed E-state index contributed by atoms with van der Waals surface area (Å²) in [6, 6.07) is 0. The van der Waals surface area contributed by atoms with Gasteiger partial charge in [-0.05, 0) is 0 Å². The molecule has 1 atom stereocenters. The van der Waals surface area contributed by atoms with Crippen LogP contribution in [0, 0.1) is 0 Å². The van der Waals surface area contributed by atoms with Gasteiger partial charge in [-0.1, -0.05) is 0 Å². The summed E-state index contributed by atoms with van der Waals surface area (Å²) in [7, 11) is -1.64. The molecule has 7 heteroatoms. The number of hydrogen-bond acceptors (Lipinski definition) is 5. The van der Waals surface area contributed by atoms with E-state index in [9.17, 15) is 9.13 Å². The van der Waals surface area contributed by atoms with Crippen molar-refractivity contribution in [3.63, 3.8) is 0 Å². The van der Waals surface area contributed by atoms with Gasteiger partial charge in [0.1, 0.15) is 5.90 Å². The van der Waals surface area contributed by atoms with Gasteiger partial charge in [-0.15, -0.1) is 0 Å². The summed E-state index contributed by atoms with van der Waals surface area (Å²) in [5.41, 5.74) is 0. The molecule has 0 aliphatic rings. The smallest absolute Gasteiger partial charge is 0.333 e. The fraction of sp³-hybridized carbons (Fsp3) is 1.00. The third-order valence-corrected chi connectivity index (χ3v) is 5.26. The summed E-state index contributed by atoms with van der Waals surface area (Å²) < 4.78 is 35.5. The molecule has 0 amide bonds. The van der Waals surface area contributed by atoms with Gasteiger partial charge in [0.2, 0.25) is 8.03 Å². The van der Waals surface area contributed by atoms with Gasteiger partial charge >= 0.3 is 7.60 Å². The van der Waals surface area contributed by atoms with Crippen molar-refractivity contribution >= 4 is 15.6 Å². The molecule has 0 fully saturated rings. The van der Waals surface area contributed by atoms with Crippen LogP contribution in [-0.4, -0.2) is 27.2 Å². The zero-order valence-electron chi connectivity index (χ0n) is 6.70. The maximum absolute atomic E-state index is 11.2. The Balaban J connectivity index is 4.09. The van der Waals surface area contributed by atoms with Crippen LogP contribution in [0.3, 0.4) is 0 Å². The number of rotatable bonds is 5. The molecule has 0 bridgehead atoms. The molecule has 0 saturated heterocycles. The molecule has 0 spiro atoms. The summed E-state index contributed by atoms with van der Waals surface area (Å²) in [5, 5.41) is 0. The van der Waals surface area contributed by atoms with E-state index in [4.69, 9.17) is 0 Å². The Kier molecular flexibility index (Phi) is 5.23. The lowest BCUT2D eigenvalue weighted by atomic mass is 11.8. The minimum atomic E-state index is -3.15. The first-order valence-electron chi connectivity index (χ1n) is 2.85. The maximum atomic E-state index is 11.2. The minimum Gasteiger partial charge on any atom is -0.333 e. The molecule has 0 aliphatic heterocycles. The van der Waals surface area contributed by atoms with Crippen LogP contribution in [0.1, 0.15) is 0 Å². The summed E-state index contributed by atoms with van der Waals surface area (Å²) in [4.78, 5) is 0. The standard InChI is InChI=1S/C4H12O5P2/c1-7-10(5)4-11(6,8-2)9-3/h10H,4H2,1-3H3. The maximum Gasteiger partial charge on any atom is 0.339 e. The Morgan fingerprint density at radius 2 is 1.73 bits per heavy atom.